The van der Waals surface area contributed by atoms with Crippen molar-refractivity contribution in [2.24, 2.45) is 0 Å². The normalized spacial score (nSPS) is 13.3. The average molecular weight is 678 g/mol. The highest BCUT2D eigenvalue weighted by atomic mass is 16.6. The van der Waals surface area contributed by atoms with Crippen molar-refractivity contribution >= 4 is 24.1 Å². The Kier molecular flexibility index (Phi) is 11.5. The topological polar surface area (TPSA) is 143 Å². The number of carboxylic acids is 1. The number of alkyl carbamates (subject to hydrolysis) is 2. The second kappa shape index (κ2) is 16.2. The number of fused-ring (bicyclic) bond motifs is 3. The lowest BCUT2D eigenvalue weighted by molar-refractivity contribution is -0.139. The molecule has 0 bridgehead atoms. The fourth-order valence-electron chi connectivity index (χ4n) is 6.04. The lowest BCUT2D eigenvalue weighted by Gasteiger charge is -2.22. The highest BCUT2D eigenvalue weighted by Gasteiger charge is 2.30. The summed E-state index contributed by atoms with van der Waals surface area (Å²) in [5, 5.41) is 17.5. The summed E-state index contributed by atoms with van der Waals surface area (Å²) in [6, 6.07) is 31.6. The molecular formula is C40H43N3O7. The van der Waals surface area contributed by atoms with Crippen LogP contribution in [0.2, 0.25) is 0 Å². The molecule has 10 nitrogen and oxygen atoms in total. The fourth-order valence-corrected chi connectivity index (χ4v) is 6.04. The van der Waals surface area contributed by atoms with Gasteiger partial charge < -0.3 is 30.5 Å². The molecule has 2 atom stereocenters. The maximum atomic E-state index is 13.5. The van der Waals surface area contributed by atoms with Crippen molar-refractivity contribution in [3.63, 3.8) is 0 Å². The molecule has 1 aliphatic rings. The Balaban J connectivity index is 1.22. The van der Waals surface area contributed by atoms with Crippen LogP contribution in [0.25, 0.3) is 22.3 Å². The van der Waals surface area contributed by atoms with Crippen molar-refractivity contribution < 1.29 is 33.8 Å². The number of benzene rings is 4. The minimum Gasteiger partial charge on any atom is -0.480 e. The van der Waals surface area contributed by atoms with Crippen LogP contribution in [-0.2, 0) is 25.5 Å². The number of hydrogen-bond acceptors (Lipinski definition) is 6. The Morgan fingerprint density at radius 1 is 0.720 bits per heavy atom. The van der Waals surface area contributed by atoms with Gasteiger partial charge >= 0.3 is 18.2 Å². The van der Waals surface area contributed by atoms with Gasteiger partial charge in [0.25, 0.3) is 0 Å². The first-order valence-corrected chi connectivity index (χ1v) is 16.7. The van der Waals surface area contributed by atoms with E-state index in [0.717, 1.165) is 38.9 Å². The van der Waals surface area contributed by atoms with E-state index < -0.39 is 41.7 Å². The number of amides is 3. The van der Waals surface area contributed by atoms with Crippen molar-refractivity contribution in [3.8, 4) is 22.3 Å². The molecule has 0 aromatic heterocycles. The maximum absolute atomic E-state index is 13.5. The van der Waals surface area contributed by atoms with Gasteiger partial charge in [0, 0.05) is 18.9 Å². The van der Waals surface area contributed by atoms with Crippen LogP contribution in [0.4, 0.5) is 9.59 Å². The molecule has 4 N–H and O–H groups in total. The van der Waals surface area contributed by atoms with Crippen LogP contribution in [0.15, 0.2) is 103 Å². The van der Waals surface area contributed by atoms with Crippen molar-refractivity contribution in [3.05, 3.63) is 120 Å². The number of carbonyl (C=O) groups excluding carboxylic acids is 3. The monoisotopic (exact) mass is 677 g/mol. The second-order valence-corrected chi connectivity index (χ2v) is 13.3. The molecule has 4 aromatic carbocycles. The van der Waals surface area contributed by atoms with Crippen LogP contribution in [0.3, 0.4) is 0 Å². The number of hydrogen-bond donors (Lipinski definition) is 4. The average Bonchev–Trinajstić information content (AvgIpc) is 3.41. The summed E-state index contributed by atoms with van der Waals surface area (Å²) in [6.07, 6.45) is -1.05. The van der Waals surface area contributed by atoms with E-state index in [1.807, 2.05) is 91.0 Å². The van der Waals surface area contributed by atoms with Gasteiger partial charge in [0.1, 0.15) is 24.3 Å². The summed E-state index contributed by atoms with van der Waals surface area (Å²) in [5.41, 5.74) is 6.51. The maximum Gasteiger partial charge on any atom is 0.408 e. The van der Waals surface area contributed by atoms with E-state index in [0.29, 0.717) is 0 Å². The minimum absolute atomic E-state index is 0.0558. The van der Waals surface area contributed by atoms with Crippen LogP contribution in [0.1, 0.15) is 56.2 Å². The van der Waals surface area contributed by atoms with Gasteiger partial charge in [-0.15, -0.1) is 0 Å². The standard InChI is InChI=1S/C40H43N3O7/c1-40(2,3)50-39(48)42-34(37(45)46)18-11-23-41-36(44)35(24-26-19-21-28(22-20-26)27-12-5-4-6-13-27)43-38(47)49-25-33-31-16-9-7-14-29(31)30-15-8-10-17-32(30)33/h4-10,12-17,19-22,33-35H,11,18,23-25H2,1-3H3,(H,41,44)(H,42,48)(H,43,47)(H,45,46)/t34-,35-/m1/s1. The Morgan fingerprint density at radius 3 is 1.88 bits per heavy atom. The van der Waals surface area contributed by atoms with Crippen LogP contribution in [-0.4, -0.2) is 60.0 Å². The molecule has 0 unspecified atom stereocenters. The predicted octanol–water partition coefficient (Wildman–Crippen LogP) is 6.68. The molecule has 1 aliphatic carbocycles. The quantitative estimate of drug-likeness (QED) is 0.116. The van der Waals surface area contributed by atoms with E-state index in [9.17, 15) is 24.3 Å². The lowest BCUT2D eigenvalue weighted by Crippen LogP contribution is -2.49. The van der Waals surface area contributed by atoms with Gasteiger partial charge in [-0.3, -0.25) is 4.79 Å². The first-order valence-electron chi connectivity index (χ1n) is 16.7. The van der Waals surface area contributed by atoms with Gasteiger partial charge in [0.2, 0.25) is 5.91 Å². The SMILES string of the molecule is CC(C)(C)OC(=O)N[C@H](CCCNC(=O)[C@@H](Cc1ccc(-c2ccccc2)cc1)NC(=O)OCC1c2ccccc2-c2ccccc21)C(=O)O. The van der Waals surface area contributed by atoms with Gasteiger partial charge in [-0.05, 0) is 72.6 Å². The molecule has 0 saturated heterocycles. The zero-order chi connectivity index (χ0) is 35.7. The molecule has 0 saturated carbocycles. The smallest absolute Gasteiger partial charge is 0.408 e. The molecule has 10 heteroatoms. The molecule has 0 spiro atoms. The number of carbonyl (C=O) groups is 4. The molecule has 0 fully saturated rings. The van der Waals surface area contributed by atoms with E-state index in [1.165, 1.54) is 0 Å². The summed E-state index contributed by atoms with van der Waals surface area (Å²) >= 11 is 0. The minimum atomic E-state index is -1.21. The zero-order valence-electron chi connectivity index (χ0n) is 28.5. The molecule has 50 heavy (non-hydrogen) atoms. The zero-order valence-corrected chi connectivity index (χ0v) is 28.5. The Morgan fingerprint density at radius 2 is 1.28 bits per heavy atom. The van der Waals surface area contributed by atoms with Crippen LogP contribution in [0.5, 0.6) is 0 Å². The largest absolute Gasteiger partial charge is 0.480 e. The van der Waals surface area contributed by atoms with E-state index in [4.69, 9.17) is 9.47 Å². The van der Waals surface area contributed by atoms with E-state index >= 15 is 0 Å². The van der Waals surface area contributed by atoms with Gasteiger partial charge in [-0.2, -0.15) is 0 Å². The molecule has 4 aromatic rings. The molecule has 0 radical (unpaired) electrons. The van der Waals surface area contributed by atoms with Crippen molar-refractivity contribution in [2.45, 2.75) is 63.6 Å². The van der Waals surface area contributed by atoms with Crippen LogP contribution in [0, 0.1) is 0 Å². The van der Waals surface area contributed by atoms with Gasteiger partial charge in [-0.1, -0.05) is 103 Å². The number of aliphatic carboxylic acids is 1. The summed E-state index contributed by atoms with van der Waals surface area (Å²) < 4.78 is 10.9. The number of nitrogens with one attached hydrogen (secondary N) is 3. The van der Waals surface area contributed by atoms with Gasteiger partial charge in [0.05, 0.1) is 0 Å². The van der Waals surface area contributed by atoms with E-state index in [2.05, 4.69) is 28.1 Å². The number of rotatable bonds is 13. The highest BCUT2D eigenvalue weighted by Crippen LogP contribution is 2.44. The molecule has 3 amide bonds. The first-order chi connectivity index (χ1) is 24.0. The third-order valence-corrected chi connectivity index (χ3v) is 8.41. The Hall–Kier alpha value is -5.64. The molecular weight excluding hydrogens is 634 g/mol. The Labute approximate surface area is 292 Å². The van der Waals surface area contributed by atoms with Crippen molar-refractivity contribution in [1.82, 2.24) is 16.0 Å². The van der Waals surface area contributed by atoms with Gasteiger partial charge in [-0.25, -0.2) is 14.4 Å². The van der Waals surface area contributed by atoms with E-state index in [1.54, 1.807) is 20.8 Å². The van der Waals surface area contributed by atoms with Crippen LogP contribution < -0.4 is 16.0 Å². The van der Waals surface area contributed by atoms with Crippen LogP contribution >= 0.6 is 0 Å². The molecule has 0 aliphatic heterocycles. The third kappa shape index (κ3) is 9.49. The lowest BCUT2D eigenvalue weighted by atomic mass is 9.98. The number of carboxylic acid groups (broad SMARTS) is 1. The number of ether oxygens (including phenoxy) is 2. The van der Waals surface area contributed by atoms with Gasteiger partial charge in [0.15, 0.2) is 0 Å². The summed E-state index contributed by atoms with van der Waals surface area (Å²) in [5.74, 6) is -1.80. The Bertz CT molecular complexity index is 1760. The summed E-state index contributed by atoms with van der Waals surface area (Å²) in [7, 11) is 0. The fraction of sp³-hybridized carbons (Fsp3) is 0.300. The summed E-state index contributed by atoms with van der Waals surface area (Å²) in [6.45, 7) is 5.27. The third-order valence-electron chi connectivity index (χ3n) is 8.41. The highest BCUT2D eigenvalue weighted by molar-refractivity contribution is 5.86. The second-order valence-electron chi connectivity index (χ2n) is 13.3. The molecule has 260 valence electrons. The first kappa shape index (κ1) is 35.7. The van der Waals surface area contributed by atoms with Crippen molar-refractivity contribution in [1.29, 1.82) is 0 Å². The molecule has 0 heterocycles. The molecule has 5 rings (SSSR count). The van der Waals surface area contributed by atoms with Crippen molar-refractivity contribution in [2.75, 3.05) is 13.2 Å². The van der Waals surface area contributed by atoms with E-state index in [-0.39, 0.29) is 38.3 Å². The summed E-state index contributed by atoms with van der Waals surface area (Å²) in [4.78, 5) is 50.6. The predicted molar refractivity (Wildman–Crippen MR) is 191 cm³/mol.